The van der Waals surface area contributed by atoms with Crippen LogP contribution < -0.4 is 5.56 Å². The Morgan fingerprint density at radius 2 is 2.19 bits per heavy atom. The molecule has 0 unspecified atom stereocenters. The van der Waals surface area contributed by atoms with Crippen molar-refractivity contribution in [1.82, 2.24) is 9.97 Å². The molecule has 0 amide bonds. The summed E-state index contributed by atoms with van der Waals surface area (Å²) in [5.74, 6) is 0. The summed E-state index contributed by atoms with van der Waals surface area (Å²) in [6, 6.07) is 2.42. The molecule has 0 bridgehead atoms. The number of nitrogens with one attached hydrogen (secondary N) is 1. The Morgan fingerprint density at radius 1 is 1.50 bits per heavy atom. The molecule has 0 aliphatic heterocycles. The molecule has 1 N–H and O–H groups in total. The lowest BCUT2D eigenvalue weighted by Gasteiger charge is -2.00. The maximum absolute atomic E-state index is 11.5. The van der Waals surface area contributed by atoms with Crippen molar-refractivity contribution in [3.05, 3.63) is 42.4 Å². The van der Waals surface area contributed by atoms with Crippen molar-refractivity contribution in [2.24, 2.45) is 0 Å². The predicted molar refractivity (Wildman–Crippen MR) is 61.7 cm³/mol. The zero-order chi connectivity index (χ0) is 11.9. The van der Waals surface area contributed by atoms with E-state index < -0.39 is 10.5 Å². The molecular formula is C8H3BrClN3O3. The number of aromatic amines is 1. The van der Waals surface area contributed by atoms with Gasteiger partial charge in [-0.2, -0.15) is 0 Å². The number of halogens is 2. The Balaban J connectivity index is 2.93. The maximum Gasteiger partial charge on any atom is 0.271 e. The second-order valence-corrected chi connectivity index (χ2v) is 4.15. The van der Waals surface area contributed by atoms with Gasteiger partial charge in [0.05, 0.1) is 20.3 Å². The standard InChI is InChI=1S/C8H3BrClN3O3/c9-5-2-3(13(15)16)1-4-6(5)11-8(10)12-7(4)14/h1-2H,(H,11,12,14). The van der Waals surface area contributed by atoms with Crippen LogP contribution in [0.25, 0.3) is 10.9 Å². The van der Waals surface area contributed by atoms with Crippen LogP contribution in [0.4, 0.5) is 5.69 Å². The number of H-pyrrole nitrogens is 1. The number of hydrogen-bond donors (Lipinski definition) is 1. The number of rotatable bonds is 1. The summed E-state index contributed by atoms with van der Waals surface area (Å²) in [7, 11) is 0. The third-order valence-corrected chi connectivity index (χ3v) is 2.71. The molecule has 0 saturated carbocycles. The summed E-state index contributed by atoms with van der Waals surface area (Å²) in [5, 5.41) is 10.7. The number of nitro groups is 1. The number of nitrogens with zero attached hydrogens (tertiary/aromatic N) is 2. The third kappa shape index (κ3) is 1.79. The molecule has 0 radical (unpaired) electrons. The molecule has 82 valence electrons. The minimum Gasteiger partial charge on any atom is -0.297 e. The quantitative estimate of drug-likeness (QED) is 0.497. The molecule has 1 heterocycles. The van der Waals surface area contributed by atoms with Crippen molar-refractivity contribution < 1.29 is 4.92 Å². The van der Waals surface area contributed by atoms with Gasteiger partial charge in [-0.1, -0.05) is 0 Å². The lowest BCUT2D eigenvalue weighted by Crippen LogP contribution is -2.08. The summed E-state index contributed by atoms with van der Waals surface area (Å²) in [5.41, 5.74) is -0.409. The van der Waals surface area contributed by atoms with Crippen LogP contribution in [0.2, 0.25) is 5.28 Å². The molecule has 0 saturated heterocycles. The molecule has 6 nitrogen and oxygen atoms in total. The molecule has 0 fully saturated rings. The van der Waals surface area contributed by atoms with Crippen molar-refractivity contribution in [2.75, 3.05) is 0 Å². The van der Waals surface area contributed by atoms with Crippen molar-refractivity contribution >= 4 is 44.1 Å². The van der Waals surface area contributed by atoms with E-state index in [1.54, 1.807) is 0 Å². The molecule has 0 aliphatic carbocycles. The molecule has 2 rings (SSSR count). The summed E-state index contributed by atoms with van der Waals surface area (Å²) >= 11 is 8.68. The number of aromatic nitrogens is 2. The van der Waals surface area contributed by atoms with Gasteiger partial charge < -0.3 is 0 Å². The van der Waals surface area contributed by atoms with Crippen molar-refractivity contribution in [1.29, 1.82) is 0 Å². The molecule has 0 atom stereocenters. The van der Waals surface area contributed by atoms with Crippen LogP contribution in [-0.2, 0) is 0 Å². The van der Waals surface area contributed by atoms with Crippen LogP contribution in [0.1, 0.15) is 0 Å². The Hall–Kier alpha value is -1.47. The van der Waals surface area contributed by atoms with Crippen molar-refractivity contribution in [3.63, 3.8) is 0 Å². The van der Waals surface area contributed by atoms with Crippen molar-refractivity contribution in [2.45, 2.75) is 0 Å². The van der Waals surface area contributed by atoms with Crippen LogP contribution in [0.5, 0.6) is 0 Å². The Morgan fingerprint density at radius 3 is 2.81 bits per heavy atom. The summed E-state index contributed by atoms with van der Waals surface area (Å²) < 4.78 is 0.352. The van der Waals surface area contributed by atoms with Gasteiger partial charge >= 0.3 is 0 Å². The highest BCUT2D eigenvalue weighted by Crippen LogP contribution is 2.26. The van der Waals surface area contributed by atoms with Gasteiger partial charge in [0.25, 0.3) is 11.2 Å². The molecule has 1 aromatic carbocycles. The zero-order valence-corrected chi connectivity index (χ0v) is 9.87. The van der Waals surface area contributed by atoms with Gasteiger partial charge in [0, 0.05) is 12.1 Å². The fourth-order valence-corrected chi connectivity index (χ4v) is 1.97. The van der Waals surface area contributed by atoms with Gasteiger partial charge in [-0.05, 0) is 27.5 Å². The average Bonchev–Trinajstić information content (AvgIpc) is 2.19. The van der Waals surface area contributed by atoms with E-state index in [2.05, 4.69) is 25.9 Å². The zero-order valence-electron chi connectivity index (χ0n) is 7.53. The average molecular weight is 304 g/mol. The number of hydrogen-bond acceptors (Lipinski definition) is 4. The van der Waals surface area contributed by atoms with Gasteiger partial charge in [-0.15, -0.1) is 0 Å². The van der Waals surface area contributed by atoms with Crippen LogP contribution in [-0.4, -0.2) is 14.9 Å². The van der Waals surface area contributed by atoms with Gasteiger partial charge in [0.2, 0.25) is 5.28 Å². The maximum atomic E-state index is 11.5. The SMILES string of the molecule is O=c1[nH]c(Cl)nc2c(Br)cc([N+](=O)[O-])cc12. The lowest BCUT2D eigenvalue weighted by molar-refractivity contribution is -0.384. The number of nitro benzene ring substituents is 1. The smallest absolute Gasteiger partial charge is 0.271 e. The largest absolute Gasteiger partial charge is 0.297 e. The second kappa shape index (κ2) is 3.84. The Kier molecular flexibility index (Phi) is 2.64. The lowest BCUT2D eigenvalue weighted by atomic mass is 10.2. The van der Waals surface area contributed by atoms with Crippen LogP contribution in [0.15, 0.2) is 21.4 Å². The predicted octanol–water partition coefficient (Wildman–Crippen LogP) is 2.25. The topological polar surface area (TPSA) is 88.9 Å². The first-order valence-electron chi connectivity index (χ1n) is 4.02. The molecule has 8 heteroatoms. The second-order valence-electron chi connectivity index (χ2n) is 2.94. The highest BCUT2D eigenvalue weighted by molar-refractivity contribution is 9.10. The van der Waals surface area contributed by atoms with E-state index in [0.717, 1.165) is 6.07 Å². The fourth-order valence-electron chi connectivity index (χ4n) is 1.26. The van der Waals surface area contributed by atoms with Crippen LogP contribution >= 0.6 is 27.5 Å². The number of fused-ring (bicyclic) bond motifs is 1. The van der Waals surface area contributed by atoms with E-state index in [1.165, 1.54) is 6.07 Å². The van der Waals surface area contributed by atoms with Crippen molar-refractivity contribution in [3.8, 4) is 0 Å². The van der Waals surface area contributed by atoms with Crippen LogP contribution in [0, 0.1) is 10.1 Å². The molecule has 2 aromatic rings. The normalized spacial score (nSPS) is 10.6. The Bertz CT molecular complexity index is 655. The first kappa shape index (κ1) is 11.0. The van der Waals surface area contributed by atoms with E-state index in [4.69, 9.17) is 11.6 Å². The fraction of sp³-hybridized carbons (Fsp3) is 0. The van der Waals surface area contributed by atoms with E-state index in [9.17, 15) is 14.9 Å². The van der Waals surface area contributed by atoms with Gasteiger partial charge in [-0.25, -0.2) is 4.98 Å². The number of benzene rings is 1. The molecule has 1 aromatic heterocycles. The first-order chi connectivity index (χ1) is 7.49. The molecule has 16 heavy (non-hydrogen) atoms. The monoisotopic (exact) mass is 303 g/mol. The van der Waals surface area contributed by atoms with E-state index in [0.29, 0.717) is 9.99 Å². The minimum absolute atomic E-state index is 0.0629. The van der Waals surface area contributed by atoms with E-state index in [1.807, 2.05) is 0 Å². The third-order valence-electron chi connectivity index (χ3n) is 1.93. The highest BCUT2D eigenvalue weighted by Gasteiger charge is 2.13. The van der Waals surface area contributed by atoms with Crippen LogP contribution in [0.3, 0.4) is 0 Å². The highest BCUT2D eigenvalue weighted by atomic mass is 79.9. The van der Waals surface area contributed by atoms with E-state index >= 15 is 0 Å². The number of non-ortho nitro benzene ring substituents is 1. The first-order valence-corrected chi connectivity index (χ1v) is 5.19. The van der Waals surface area contributed by atoms with Gasteiger partial charge in [-0.3, -0.25) is 19.9 Å². The molecule has 0 aliphatic rings. The molecule has 0 spiro atoms. The van der Waals surface area contributed by atoms with E-state index in [-0.39, 0.29) is 16.4 Å². The van der Waals surface area contributed by atoms with Gasteiger partial charge in [0.1, 0.15) is 0 Å². The Labute approximate surface area is 102 Å². The summed E-state index contributed by atoms with van der Waals surface area (Å²) in [6.45, 7) is 0. The minimum atomic E-state index is -0.585. The molecular weight excluding hydrogens is 301 g/mol. The summed E-state index contributed by atoms with van der Waals surface area (Å²) in [4.78, 5) is 27.7. The summed E-state index contributed by atoms with van der Waals surface area (Å²) in [6.07, 6.45) is 0. The van der Waals surface area contributed by atoms with Gasteiger partial charge in [0.15, 0.2) is 0 Å².